The van der Waals surface area contributed by atoms with Crippen molar-refractivity contribution in [1.82, 2.24) is 4.98 Å². The second-order valence-corrected chi connectivity index (χ2v) is 7.62. The molecule has 148 valence electrons. The molecule has 1 aliphatic heterocycles. The lowest BCUT2D eigenvalue weighted by molar-refractivity contribution is -0.236. The van der Waals surface area contributed by atoms with Gasteiger partial charge in [0.25, 0.3) is 0 Å². The molecule has 0 radical (unpaired) electrons. The molecule has 2 rings (SSSR count). The fourth-order valence-electron chi connectivity index (χ4n) is 2.95. The molecular formula is C16H17ClFNO7S. The predicted molar refractivity (Wildman–Crippen MR) is 93.0 cm³/mol. The van der Waals surface area contributed by atoms with Crippen molar-refractivity contribution in [2.45, 2.75) is 43.0 Å². The van der Waals surface area contributed by atoms with Crippen LogP contribution in [0.25, 0.3) is 0 Å². The molecule has 4 atom stereocenters. The molecule has 11 heteroatoms. The molecule has 1 saturated heterocycles. The van der Waals surface area contributed by atoms with Gasteiger partial charge in [0.05, 0.1) is 6.20 Å². The minimum atomic E-state index is -3.19. The van der Waals surface area contributed by atoms with Gasteiger partial charge in [-0.1, -0.05) is 11.6 Å². The van der Waals surface area contributed by atoms with E-state index < -0.39 is 56.3 Å². The lowest BCUT2D eigenvalue weighted by Crippen LogP contribution is -2.82. The number of hydrogen-bond donors (Lipinski definition) is 3. The van der Waals surface area contributed by atoms with Gasteiger partial charge in [0.15, 0.2) is 45.0 Å². The summed E-state index contributed by atoms with van der Waals surface area (Å²) in [6, 6.07) is 0.828. The molecule has 1 fully saturated rings. The summed E-state index contributed by atoms with van der Waals surface area (Å²) in [5, 5.41) is 32.3. The minimum Gasteiger partial charge on any atom is -0.474 e. The highest BCUT2D eigenvalue weighted by atomic mass is 35.5. The zero-order chi connectivity index (χ0) is 20.8. The highest BCUT2D eigenvalue weighted by molar-refractivity contribution is 8.00. The normalized spacial score (nSPS) is 33.4. The number of ketones is 3. The number of thioether (sulfide) groups is 1. The molecule has 1 aliphatic rings. The summed E-state index contributed by atoms with van der Waals surface area (Å²) < 4.78 is 19.0. The van der Waals surface area contributed by atoms with Gasteiger partial charge in [-0.25, -0.2) is 9.37 Å². The van der Waals surface area contributed by atoms with Crippen molar-refractivity contribution in [2.75, 3.05) is 5.75 Å². The van der Waals surface area contributed by atoms with Gasteiger partial charge in [-0.05, 0) is 20.8 Å². The van der Waals surface area contributed by atoms with Gasteiger partial charge < -0.3 is 20.1 Å². The van der Waals surface area contributed by atoms with Crippen LogP contribution in [0.5, 0.6) is 5.75 Å². The number of nitrogens with zero attached hydrogens (tertiary/aromatic N) is 1. The maximum atomic E-state index is 13.6. The van der Waals surface area contributed by atoms with Crippen LogP contribution in [0.15, 0.2) is 12.3 Å². The summed E-state index contributed by atoms with van der Waals surface area (Å²) in [5.41, 5.74) is -10.6. The highest BCUT2D eigenvalue weighted by Gasteiger charge is 2.75. The van der Waals surface area contributed by atoms with Crippen molar-refractivity contribution in [1.29, 1.82) is 0 Å². The van der Waals surface area contributed by atoms with Crippen LogP contribution in [0, 0.1) is 5.82 Å². The second kappa shape index (κ2) is 7.10. The molecule has 0 unspecified atom stereocenters. The Balaban J connectivity index is 2.60. The van der Waals surface area contributed by atoms with Crippen LogP contribution in [0.3, 0.4) is 0 Å². The summed E-state index contributed by atoms with van der Waals surface area (Å²) in [6.45, 7) is 2.59. The van der Waals surface area contributed by atoms with E-state index in [-0.39, 0.29) is 5.75 Å². The summed E-state index contributed by atoms with van der Waals surface area (Å²) in [5.74, 6) is -5.14. The van der Waals surface area contributed by atoms with E-state index in [0.717, 1.165) is 33.0 Å². The molecular weight excluding hydrogens is 405 g/mol. The van der Waals surface area contributed by atoms with Crippen molar-refractivity contribution >= 4 is 40.7 Å². The Kier molecular flexibility index (Phi) is 5.71. The molecule has 1 aromatic heterocycles. The van der Waals surface area contributed by atoms with E-state index in [1.165, 1.54) is 0 Å². The van der Waals surface area contributed by atoms with E-state index in [0.29, 0.717) is 11.8 Å². The Morgan fingerprint density at radius 3 is 2.26 bits per heavy atom. The number of rotatable bonds is 5. The van der Waals surface area contributed by atoms with Gasteiger partial charge in [0.1, 0.15) is 5.75 Å². The lowest BCUT2D eigenvalue weighted by Gasteiger charge is -2.54. The topological polar surface area (TPSA) is 134 Å². The summed E-state index contributed by atoms with van der Waals surface area (Å²) in [7, 11) is 0. The van der Waals surface area contributed by atoms with Gasteiger partial charge >= 0.3 is 0 Å². The first-order valence-electron chi connectivity index (χ1n) is 7.62. The molecule has 3 N–H and O–H groups in total. The van der Waals surface area contributed by atoms with Crippen molar-refractivity contribution in [3.8, 4) is 5.75 Å². The molecule has 0 aromatic carbocycles. The Morgan fingerprint density at radius 1 is 1.22 bits per heavy atom. The lowest BCUT2D eigenvalue weighted by atomic mass is 9.65. The quantitative estimate of drug-likeness (QED) is 0.573. The van der Waals surface area contributed by atoms with Crippen LogP contribution >= 0.6 is 23.4 Å². The van der Waals surface area contributed by atoms with Gasteiger partial charge in [-0.3, -0.25) is 14.4 Å². The van der Waals surface area contributed by atoms with Crippen molar-refractivity contribution in [2.24, 2.45) is 0 Å². The number of pyridine rings is 1. The zero-order valence-electron chi connectivity index (χ0n) is 14.5. The fraction of sp³-hybridized carbons (Fsp3) is 0.500. The van der Waals surface area contributed by atoms with Crippen molar-refractivity contribution < 1.29 is 38.8 Å². The first kappa shape index (κ1) is 21.7. The predicted octanol–water partition coefficient (Wildman–Crippen LogP) is 0.286. The molecule has 2 heterocycles. The summed E-state index contributed by atoms with van der Waals surface area (Å²) in [6.07, 6.45) is 1.01. The Labute approximate surface area is 162 Å². The van der Waals surface area contributed by atoms with E-state index >= 15 is 0 Å². The number of carbonyl (C=O) groups is 3. The van der Waals surface area contributed by atoms with E-state index in [4.69, 9.17) is 16.3 Å². The van der Waals surface area contributed by atoms with Gasteiger partial charge in [-0.2, -0.15) is 0 Å². The molecule has 0 spiro atoms. The molecule has 8 nitrogen and oxygen atoms in total. The first-order valence-corrected chi connectivity index (χ1v) is 9.04. The van der Waals surface area contributed by atoms with Crippen LogP contribution < -0.4 is 4.74 Å². The van der Waals surface area contributed by atoms with Crippen LogP contribution in [0.1, 0.15) is 20.8 Å². The number of hydrogen-bond acceptors (Lipinski definition) is 9. The third kappa shape index (κ3) is 3.05. The van der Waals surface area contributed by atoms with Gasteiger partial charge in [0, 0.05) is 11.8 Å². The monoisotopic (exact) mass is 421 g/mol. The minimum absolute atomic E-state index is 0.256. The molecule has 1 aromatic rings. The van der Waals surface area contributed by atoms with E-state index in [9.17, 15) is 34.1 Å². The fourth-order valence-corrected chi connectivity index (χ4v) is 4.62. The number of aliphatic hydroxyl groups is 3. The number of ether oxygens (including phenoxy) is 1. The average Bonchev–Trinajstić information content (AvgIpc) is 2.58. The molecule has 0 bridgehead atoms. The average molecular weight is 422 g/mol. The van der Waals surface area contributed by atoms with E-state index in [1.807, 2.05) is 0 Å². The SMILES string of the molecule is CC(=O)[C@]1(O)[C@@](O)(C(C)=O)CS[C@H](Oc2cnc(Cl)c(F)c2)[C@@]1(O)C(C)=O. The van der Waals surface area contributed by atoms with Gasteiger partial charge in [0.2, 0.25) is 5.60 Å². The van der Waals surface area contributed by atoms with Gasteiger partial charge in [-0.15, -0.1) is 11.8 Å². The van der Waals surface area contributed by atoms with Crippen LogP contribution in [0.2, 0.25) is 5.15 Å². The standard InChI is InChI=1S/C16H17ClFNO7S/c1-7(20)14(23)6-27-13(26-10-4-11(18)12(17)19-5-10)15(24,8(2)21)16(14,25)9(3)22/h4-5,13,23-25H,6H2,1-3H3/t13-,14-,15-,16-/m0/s1. The maximum absolute atomic E-state index is 13.6. The largest absolute Gasteiger partial charge is 0.474 e. The number of Topliss-reactive ketones (excluding diaryl/α,β-unsaturated/α-hetero) is 3. The summed E-state index contributed by atoms with van der Waals surface area (Å²) in [4.78, 5) is 40.0. The molecule has 0 amide bonds. The Hall–Kier alpha value is -1.59. The Bertz CT molecular complexity index is 824. The van der Waals surface area contributed by atoms with Crippen LogP contribution in [-0.2, 0) is 14.4 Å². The van der Waals surface area contributed by atoms with Crippen LogP contribution in [0.4, 0.5) is 4.39 Å². The molecule has 0 saturated carbocycles. The van der Waals surface area contributed by atoms with Crippen LogP contribution in [-0.4, -0.2) is 65.6 Å². The number of carbonyl (C=O) groups excluding carboxylic acids is 3. The Morgan fingerprint density at radius 2 is 1.81 bits per heavy atom. The smallest absolute Gasteiger partial charge is 0.208 e. The second-order valence-electron chi connectivity index (χ2n) is 6.21. The molecule has 27 heavy (non-hydrogen) atoms. The number of aromatic nitrogens is 1. The van der Waals surface area contributed by atoms with E-state index in [2.05, 4.69) is 4.98 Å². The highest BCUT2D eigenvalue weighted by Crippen LogP contribution is 2.49. The first-order chi connectivity index (χ1) is 12.3. The van der Waals surface area contributed by atoms with Crippen molar-refractivity contribution in [3.05, 3.63) is 23.2 Å². The maximum Gasteiger partial charge on any atom is 0.208 e. The summed E-state index contributed by atoms with van der Waals surface area (Å²) >= 11 is 6.08. The zero-order valence-corrected chi connectivity index (χ0v) is 16.1. The third-order valence-corrected chi connectivity index (χ3v) is 6.18. The third-order valence-electron chi connectivity index (χ3n) is 4.58. The molecule has 0 aliphatic carbocycles. The number of halogens is 2. The van der Waals surface area contributed by atoms with Crippen molar-refractivity contribution in [3.63, 3.8) is 0 Å². The van der Waals surface area contributed by atoms with E-state index in [1.54, 1.807) is 0 Å².